The van der Waals surface area contributed by atoms with Crippen LogP contribution in [0.4, 0.5) is 0 Å². The van der Waals surface area contributed by atoms with E-state index in [2.05, 4.69) is 59.1 Å². The SMILES string of the molecule is CC(C)(C)CCC(c1ccc(C(=O)O)cc1)N1C(=O)C(c2cccc(S)c2)=NC12CCC(C(C)(C)C)CC2. The van der Waals surface area contributed by atoms with Gasteiger partial charge in [-0.1, -0.05) is 65.8 Å². The smallest absolute Gasteiger partial charge is 0.335 e. The topological polar surface area (TPSA) is 70.0 Å². The Morgan fingerprint density at radius 3 is 2.24 bits per heavy atom. The summed E-state index contributed by atoms with van der Waals surface area (Å²) in [7, 11) is 0. The molecule has 0 radical (unpaired) electrons. The van der Waals surface area contributed by atoms with E-state index in [4.69, 9.17) is 4.99 Å². The summed E-state index contributed by atoms with van der Waals surface area (Å²) in [5.74, 6) is -0.415. The van der Waals surface area contributed by atoms with Crippen LogP contribution < -0.4 is 0 Å². The predicted molar refractivity (Wildman–Crippen MR) is 156 cm³/mol. The molecule has 1 saturated carbocycles. The minimum absolute atomic E-state index is 0.0423. The first-order valence-corrected chi connectivity index (χ1v) is 14.2. The summed E-state index contributed by atoms with van der Waals surface area (Å²) >= 11 is 4.52. The maximum Gasteiger partial charge on any atom is 0.335 e. The second-order valence-corrected chi connectivity index (χ2v) is 13.9. The summed E-state index contributed by atoms with van der Waals surface area (Å²) in [6, 6.07) is 14.6. The first-order valence-electron chi connectivity index (χ1n) is 13.8. The lowest BCUT2D eigenvalue weighted by Gasteiger charge is -2.47. The lowest BCUT2D eigenvalue weighted by molar-refractivity contribution is -0.134. The molecule has 1 spiro atoms. The molecule has 2 aromatic rings. The average Bonchev–Trinajstić information content (AvgIpc) is 3.10. The van der Waals surface area contributed by atoms with Gasteiger partial charge in [-0.15, -0.1) is 12.6 Å². The molecule has 1 heterocycles. The molecule has 6 heteroatoms. The normalized spacial score (nSPS) is 23.0. The third kappa shape index (κ3) is 6.01. The summed E-state index contributed by atoms with van der Waals surface area (Å²) < 4.78 is 0. The summed E-state index contributed by atoms with van der Waals surface area (Å²) in [5.41, 5.74) is 2.22. The first kappa shape index (κ1) is 28.4. The average molecular weight is 535 g/mol. The lowest BCUT2D eigenvalue weighted by atomic mass is 9.69. The highest BCUT2D eigenvalue weighted by Gasteiger charge is 2.52. The van der Waals surface area contributed by atoms with Crippen LogP contribution in [0.25, 0.3) is 0 Å². The van der Waals surface area contributed by atoms with Crippen molar-refractivity contribution in [3.8, 4) is 0 Å². The number of aliphatic imine (C=N–C) groups is 1. The first-order chi connectivity index (χ1) is 17.7. The number of benzene rings is 2. The van der Waals surface area contributed by atoms with E-state index >= 15 is 0 Å². The van der Waals surface area contributed by atoms with Crippen LogP contribution >= 0.6 is 12.6 Å². The van der Waals surface area contributed by atoms with Gasteiger partial charge >= 0.3 is 5.97 Å². The van der Waals surface area contributed by atoms with Crippen LogP contribution in [0.15, 0.2) is 58.4 Å². The summed E-state index contributed by atoms with van der Waals surface area (Å²) in [6.45, 7) is 13.6. The van der Waals surface area contributed by atoms with Gasteiger partial charge in [0, 0.05) is 10.5 Å². The largest absolute Gasteiger partial charge is 0.478 e. The Kier molecular flexibility index (Phi) is 7.86. The van der Waals surface area contributed by atoms with E-state index in [1.807, 2.05) is 36.4 Å². The van der Waals surface area contributed by atoms with Gasteiger partial charge in [0.15, 0.2) is 0 Å². The molecule has 0 bridgehead atoms. The van der Waals surface area contributed by atoms with Gasteiger partial charge in [0.1, 0.15) is 11.4 Å². The van der Waals surface area contributed by atoms with Crippen molar-refractivity contribution in [1.29, 1.82) is 0 Å². The standard InChI is InChI=1S/C32H42N2O3S/c1-30(2,3)17-16-26(21-10-12-22(13-11-21)29(36)37)34-28(35)27(23-8-7-9-25(38)20-23)33-32(34)18-14-24(15-19-32)31(4,5)6/h7-13,20,24,26,38H,14-19H2,1-6H3,(H,36,37). The molecule has 1 aliphatic heterocycles. The fraction of sp³-hybridized carbons (Fsp3) is 0.531. The Bertz CT molecular complexity index is 1210. The summed E-state index contributed by atoms with van der Waals surface area (Å²) in [4.78, 5) is 34.0. The highest BCUT2D eigenvalue weighted by molar-refractivity contribution is 7.80. The van der Waals surface area contributed by atoms with E-state index in [9.17, 15) is 14.7 Å². The fourth-order valence-electron chi connectivity index (χ4n) is 6.05. The number of carbonyl (C=O) groups excluding carboxylic acids is 1. The van der Waals surface area contributed by atoms with Crippen molar-refractivity contribution in [1.82, 2.24) is 4.90 Å². The van der Waals surface area contributed by atoms with E-state index in [1.54, 1.807) is 12.1 Å². The van der Waals surface area contributed by atoms with Gasteiger partial charge in [0.2, 0.25) is 0 Å². The van der Waals surface area contributed by atoms with Crippen molar-refractivity contribution in [2.75, 3.05) is 0 Å². The number of amides is 1. The number of nitrogens with zero attached hydrogens (tertiary/aromatic N) is 2. The van der Waals surface area contributed by atoms with Crippen molar-refractivity contribution in [2.24, 2.45) is 21.7 Å². The lowest BCUT2D eigenvalue weighted by Crippen LogP contribution is -2.51. The molecular weight excluding hydrogens is 492 g/mol. The zero-order valence-electron chi connectivity index (χ0n) is 23.6. The number of carboxylic acid groups (broad SMARTS) is 1. The highest BCUT2D eigenvalue weighted by Crippen LogP contribution is 2.50. The zero-order chi connectivity index (χ0) is 27.9. The fourth-order valence-corrected chi connectivity index (χ4v) is 6.27. The summed E-state index contributed by atoms with van der Waals surface area (Å²) in [5, 5.41) is 9.46. The van der Waals surface area contributed by atoms with E-state index < -0.39 is 11.6 Å². The summed E-state index contributed by atoms with van der Waals surface area (Å²) in [6.07, 6.45) is 5.38. The van der Waals surface area contributed by atoms with Gasteiger partial charge in [-0.3, -0.25) is 9.79 Å². The van der Waals surface area contributed by atoms with Gasteiger partial charge in [-0.2, -0.15) is 0 Å². The maximum atomic E-state index is 14.4. The van der Waals surface area contributed by atoms with Gasteiger partial charge < -0.3 is 10.0 Å². The van der Waals surface area contributed by atoms with Crippen LogP contribution in [0.1, 0.15) is 108 Å². The molecule has 38 heavy (non-hydrogen) atoms. The van der Waals surface area contributed by atoms with Crippen LogP contribution in [0.3, 0.4) is 0 Å². The van der Waals surface area contributed by atoms with Gasteiger partial charge in [-0.05, 0) is 85.1 Å². The number of thiol groups is 1. The predicted octanol–water partition coefficient (Wildman–Crippen LogP) is 7.81. The Hall–Kier alpha value is -2.60. The molecule has 5 nitrogen and oxygen atoms in total. The molecule has 1 atom stereocenters. The molecular formula is C32H42N2O3S. The molecule has 4 rings (SSSR count). The van der Waals surface area contributed by atoms with E-state index in [0.29, 0.717) is 11.6 Å². The van der Waals surface area contributed by atoms with Crippen LogP contribution in [0, 0.1) is 16.7 Å². The molecule has 1 fully saturated rings. The number of rotatable bonds is 6. The van der Waals surface area contributed by atoms with E-state index in [1.165, 1.54) is 0 Å². The van der Waals surface area contributed by atoms with Crippen LogP contribution in [0.2, 0.25) is 0 Å². The van der Waals surface area contributed by atoms with E-state index in [-0.39, 0.29) is 28.3 Å². The van der Waals surface area contributed by atoms with Crippen LogP contribution in [-0.2, 0) is 4.79 Å². The number of hydrogen-bond acceptors (Lipinski definition) is 4. The Morgan fingerprint density at radius 1 is 1.08 bits per heavy atom. The highest BCUT2D eigenvalue weighted by atomic mass is 32.1. The van der Waals surface area contributed by atoms with Crippen LogP contribution in [-0.4, -0.2) is 33.3 Å². The van der Waals surface area contributed by atoms with Crippen molar-refractivity contribution in [3.63, 3.8) is 0 Å². The van der Waals surface area contributed by atoms with Crippen molar-refractivity contribution in [3.05, 3.63) is 65.2 Å². The quantitative estimate of drug-likeness (QED) is 0.371. The second-order valence-electron chi connectivity index (χ2n) is 13.4. The number of aromatic carboxylic acids is 1. The molecule has 2 aromatic carbocycles. The molecule has 1 N–H and O–H groups in total. The minimum Gasteiger partial charge on any atom is -0.478 e. The van der Waals surface area contributed by atoms with Crippen molar-refractivity contribution in [2.45, 2.75) is 96.7 Å². The van der Waals surface area contributed by atoms with Gasteiger partial charge in [-0.25, -0.2) is 4.79 Å². The number of carboxylic acids is 1. The number of carbonyl (C=O) groups is 2. The zero-order valence-corrected chi connectivity index (χ0v) is 24.5. The Morgan fingerprint density at radius 2 is 1.71 bits per heavy atom. The van der Waals surface area contributed by atoms with Crippen molar-refractivity contribution < 1.29 is 14.7 Å². The van der Waals surface area contributed by atoms with Gasteiger partial charge in [0.05, 0.1) is 11.6 Å². The van der Waals surface area contributed by atoms with E-state index in [0.717, 1.165) is 54.5 Å². The molecule has 0 saturated heterocycles. The molecule has 1 unspecified atom stereocenters. The Balaban J connectivity index is 1.80. The van der Waals surface area contributed by atoms with Crippen LogP contribution in [0.5, 0.6) is 0 Å². The molecule has 204 valence electrons. The third-order valence-electron chi connectivity index (χ3n) is 8.34. The monoisotopic (exact) mass is 534 g/mol. The Labute approximate surface area is 233 Å². The maximum absolute atomic E-state index is 14.4. The number of hydrogen-bond donors (Lipinski definition) is 2. The minimum atomic E-state index is -0.950. The molecule has 0 aromatic heterocycles. The molecule has 1 amide bonds. The second kappa shape index (κ2) is 10.5. The molecule has 2 aliphatic rings. The molecule has 1 aliphatic carbocycles. The third-order valence-corrected chi connectivity index (χ3v) is 8.62. The van der Waals surface area contributed by atoms with Crippen molar-refractivity contribution >= 4 is 30.2 Å². The van der Waals surface area contributed by atoms with Gasteiger partial charge in [0.25, 0.3) is 5.91 Å².